The molecule has 16 heavy (non-hydrogen) atoms. The molecule has 2 rings (SSSR count). The molecular weight excluding hydrogens is 245 g/mol. The molecule has 0 bridgehead atoms. The molecular formula is C11H9ClNO2P. The minimum absolute atomic E-state index is 0.0360. The van der Waals surface area contributed by atoms with Gasteiger partial charge >= 0.3 is 0 Å². The van der Waals surface area contributed by atoms with Crippen LogP contribution in [-0.2, 0) is 0 Å². The van der Waals surface area contributed by atoms with Gasteiger partial charge in [0.2, 0.25) is 11.6 Å². The Balaban J connectivity index is 2.58. The minimum atomic E-state index is -0.308. The Morgan fingerprint density at radius 3 is 2.25 bits per heavy atom. The summed E-state index contributed by atoms with van der Waals surface area (Å²) >= 11 is 5.87. The molecule has 1 aromatic rings. The summed E-state index contributed by atoms with van der Waals surface area (Å²) in [5.41, 5.74) is 0.949. The number of hydrogen-bond acceptors (Lipinski definition) is 3. The first kappa shape index (κ1) is 11.3. The van der Waals surface area contributed by atoms with Crippen molar-refractivity contribution in [3.8, 4) is 0 Å². The number of fused-ring (bicyclic) bond motifs is 1. The van der Waals surface area contributed by atoms with E-state index in [2.05, 4.69) is 14.6 Å². The summed E-state index contributed by atoms with van der Waals surface area (Å²) in [6, 6.07) is 6.67. The van der Waals surface area contributed by atoms with E-state index in [1.807, 2.05) is 0 Å². The maximum Gasteiger partial charge on any atom is 0.211 e. The van der Waals surface area contributed by atoms with Crippen LogP contribution in [0.2, 0.25) is 0 Å². The van der Waals surface area contributed by atoms with E-state index in [1.165, 1.54) is 0 Å². The molecule has 0 saturated carbocycles. The lowest BCUT2D eigenvalue weighted by molar-refractivity contribution is 0.0975. The molecule has 1 unspecified atom stereocenters. The van der Waals surface area contributed by atoms with Gasteiger partial charge in [0.25, 0.3) is 0 Å². The van der Waals surface area contributed by atoms with Crippen molar-refractivity contribution >= 4 is 32.4 Å². The third-order valence-electron chi connectivity index (χ3n) is 2.34. The highest BCUT2D eigenvalue weighted by atomic mass is 35.5. The number of carbonyl (C=O) groups excluding carboxylic acids is 2. The van der Waals surface area contributed by atoms with E-state index in [1.54, 1.807) is 24.3 Å². The summed E-state index contributed by atoms with van der Waals surface area (Å²) < 4.78 is 0. The standard InChI is InChI=1S/C11H9ClNO2P/c12-8-9(13-5-16)11(15)7-4-2-1-3-6(7)10(8)14/h1-4,13H,5,16H2. The Morgan fingerprint density at radius 1 is 1.12 bits per heavy atom. The normalized spacial score (nSPS) is 15.1. The molecule has 0 saturated heterocycles. The molecule has 3 nitrogen and oxygen atoms in total. The highest BCUT2D eigenvalue weighted by Gasteiger charge is 2.30. The van der Waals surface area contributed by atoms with E-state index >= 15 is 0 Å². The molecule has 82 valence electrons. The van der Waals surface area contributed by atoms with Crippen molar-refractivity contribution < 1.29 is 9.59 Å². The van der Waals surface area contributed by atoms with Crippen LogP contribution in [0, 0.1) is 0 Å². The topological polar surface area (TPSA) is 46.2 Å². The summed E-state index contributed by atoms with van der Waals surface area (Å²) in [6.45, 7) is 0. The fourth-order valence-corrected chi connectivity index (χ4v) is 2.06. The molecule has 0 spiro atoms. The summed E-state index contributed by atoms with van der Waals surface area (Å²) in [4.78, 5) is 23.9. The van der Waals surface area contributed by atoms with Crippen LogP contribution in [0.1, 0.15) is 20.7 Å². The minimum Gasteiger partial charge on any atom is -0.377 e. The van der Waals surface area contributed by atoms with Crippen molar-refractivity contribution in [1.82, 2.24) is 5.32 Å². The van der Waals surface area contributed by atoms with Gasteiger partial charge in [0.05, 0.1) is 0 Å². The van der Waals surface area contributed by atoms with Gasteiger partial charge in [0, 0.05) is 17.4 Å². The lowest BCUT2D eigenvalue weighted by atomic mass is 9.92. The van der Waals surface area contributed by atoms with Crippen LogP contribution < -0.4 is 5.32 Å². The maximum atomic E-state index is 12.0. The lowest BCUT2D eigenvalue weighted by Crippen LogP contribution is -2.28. The SMILES string of the molecule is O=C1C(Cl)=C(NCP)C(=O)c2ccccc21. The number of ketones is 2. The number of rotatable bonds is 2. The molecule has 0 amide bonds. The second-order valence-electron chi connectivity index (χ2n) is 3.27. The average Bonchev–Trinajstić information content (AvgIpc) is 2.32. The molecule has 1 N–H and O–H groups in total. The maximum absolute atomic E-state index is 12.0. The first-order chi connectivity index (χ1) is 7.66. The van der Waals surface area contributed by atoms with Crippen LogP contribution >= 0.6 is 20.8 Å². The fourth-order valence-electron chi connectivity index (χ4n) is 1.61. The zero-order valence-corrected chi connectivity index (χ0v) is 10.2. The zero-order valence-electron chi connectivity index (χ0n) is 8.29. The molecule has 1 aromatic carbocycles. The van der Waals surface area contributed by atoms with Crippen LogP contribution in [0.4, 0.5) is 0 Å². The zero-order chi connectivity index (χ0) is 11.7. The van der Waals surface area contributed by atoms with E-state index in [0.717, 1.165) is 0 Å². The van der Waals surface area contributed by atoms with E-state index < -0.39 is 0 Å². The average molecular weight is 254 g/mol. The summed E-state index contributed by atoms with van der Waals surface area (Å²) in [5.74, 6) is -0.541. The van der Waals surface area contributed by atoms with Crippen molar-refractivity contribution in [3.05, 3.63) is 46.1 Å². The number of hydrogen-bond donors (Lipinski definition) is 1. The van der Waals surface area contributed by atoms with Gasteiger partial charge in [-0.1, -0.05) is 35.9 Å². The number of halogens is 1. The van der Waals surface area contributed by atoms with Crippen molar-refractivity contribution in [2.45, 2.75) is 0 Å². The van der Waals surface area contributed by atoms with E-state index in [-0.39, 0.29) is 22.3 Å². The highest BCUT2D eigenvalue weighted by Crippen LogP contribution is 2.26. The lowest BCUT2D eigenvalue weighted by Gasteiger charge is -2.17. The summed E-state index contributed by atoms with van der Waals surface area (Å²) in [5, 5.41) is 2.76. The number of allylic oxidation sites excluding steroid dienone is 2. The van der Waals surface area contributed by atoms with Crippen molar-refractivity contribution in [3.63, 3.8) is 0 Å². The van der Waals surface area contributed by atoms with Crippen molar-refractivity contribution in [2.24, 2.45) is 0 Å². The highest BCUT2D eigenvalue weighted by molar-refractivity contribution is 7.16. The Hall–Kier alpha value is -1.18. The third kappa shape index (κ3) is 1.66. The Labute approximate surface area is 100 Å². The van der Waals surface area contributed by atoms with Gasteiger partial charge in [-0.15, -0.1) is 9.24 Å². The van der Waals surface area contributed by atoms with Crippen LogP contribution in [0.5, 0.6) is 0 Å². The van der Waals surface area contributed by atoms with E-state index in [9.17, 15) is 9.59 Å². The molecule has 0 fully saturated rings. The molecule has 0 heterocycles. The van der Waals surface area contributed by atoms with Crippen LogP contribution in [0.15, 0.2) is 35.0 Å². The Bertz CT molecular complexity index is 510. The van der Waals surface area contributed by atoms with Gasteiger partial charge in [-0.05, 0) is 0 Å². The molecule has 0 aromatic heterocycles. The van der Waals surface area contributed by atoms with E-state index in [4.69, 9.17) is 11.6 Å². The predicted molar refractivity (Wildman–Crippen MR) is 65.7 cm³/mol. The molecule has 1 aliphatic carbocycles. The second kappa shape index (κ2) is 4.36. The van der Waals surface area contributed by atoms with Crippen molar-refractivity contribution in [1.29, 1.82) is 0 Å². The first-order valence-electron chi connectivity index (χ1n) is 4.69. The third-order valence-corrected chi connectivity index (χ3v) is 2.91. The molecule has 1 aliphatic rings. The van der Waals surface area contributed by atoms with Crippen LogP contribution in [0.3, 0.4) is 0 Å². The van der Waals surface area contributed by atoms with E-state index in [0.29, 0.717) is 17.4 Å². The fraction of sp³-hybridized carbons (Fsp3) is 0.0909. The smallest absolute Gasteiger partial charge is 0.211 e. The Kier molecular flexibility index (Phi) is 3.08. The summed E-state index contributed by atoms with van der Waals surface area (Å²) in [6.07, 6.45) is 0.465. The number of carbonyl (C=O) groups is 2. The quantitative estimate of drug-likeness (QED) is 0.820. The van der Waals surface area contributed by atoms with Crippen LogP contribution in [0.25, 0.3) is 0 Å². The molecule has 0 aliphatic heterocycles. The van der Waals surface area contributed by atoms with Gasteiger partial charge in [-0.3, -0.25) is 9.59 Å². The molecule has 1 atom stereocenters. The van der Waals surface area contributed by atoms with Gasteiger partial charge in [0.15, 0.2) is 0 Å². The number of Topliss-reactive ketones (excluding diaryl/α,β-unsaturated/α-hetero) is 2. The van der Waals surface area contributed by atoms with Crippen molar-refractivity contribution in [2.75, 3.05) is 6.29 Å². The first-order valence-corrected chi connectivity index (χ1v) is 5.88. The second-order valence-corrected chi connectivity index (χ2v) is 4.06. The van der Waals surface area contributed by atoms with Gasteiger partial charge < -0.3 is 5.32 Å². The molecule has 5 heteroatoms. The van der Waals surface area contributed by atoms with Gasteiger partial charge in [0.1, 0.15) is 10.7 Å². The predicted octanol–water partition coefficient (Wildman–Crippen LogP) is 1.94. The van der Waals surface area contributed by atoms with Gasteiger partial charge in [-0.25, -0.2) is 0 Å². The summed E-state index contributed by atoms with van der Waals surface area (Å²) in [7, 11) is 2.42. The Morgan fingerprint density at radius 2 is 1.69 bits per heavy atom. The molecule has 0 radical (unpaired) electrons. The number of benzene rings is 1. The monoisotopic (exact) mass is 253 g/mol. The van der Waals surface area contributed by atoms with Gasteiger partial charge in [-0.2, -0.15) is 0 Å². The van der Waals surface area contributed by atoms with Crippen LogP contribution in [-0.4, -0.2) is 17.9 Å². The largest absolute Gasteiger partial charge is 0.377 e. The number of nitrogens with one attached hydrogen (secondary N) is 1.